The molecule has 0 fully saturated rings. The average Bonchev–Trinajstić information content (AvgIpc) is 2.76. The second-order valence-corrected chi connectivity index (χ2v) is 4.96. The maximum Gasteiger partial charge on any atom is 0.306 e. The summed E-state index contributed by atoms with van der Waals surface area (Å²) in [6, 6.07) is 0. The standard InChI is InChI=1S/C10H13ClN2O2S.BrH/c1-2-3-8(14)15-6-7-9(11)12-10-13(7)4-5-16-10;/h2-6H2,1H3;1H. The second kappa shape index (κ2) is 6.66. The first-order chi connectivity index (χ1) is 7.72. The van der Waals surface area contributed by atoms with Gasteiger partial charge >= 0.3 is 5.97 Å². The topological polar surface area (TPSA) is 44.1 Å². The molecule has 0 spiro atoms. The normalized spacial score (nSPS) is 13.1. The summed E-state index contributed by atoms with van der Waals surface area (Å²) in [4.78, 5) is 15.5. The number of hydrogen-bond acceptors (Lipinski definition) is 4. The number of thioether (sulfide) groups is 1. The predicted molar refractivity (Wildman–Crippen MR) is 73.0 cm³/mol. The molecule has 0 bridgehead atoms. The Kier molecular flexibility index (Phi) is 5.82. The first kappa shape index (κ1) is 14.9. The largest absolute Gasteiger partial charge is 0.459 e. The molecule has 0 amide bonds. The summed E-state index contributed by atoms with van der Waals surface area (Å²) in [6.45, 7) is 3.06. The van der Waals surface area contributed by atoms with Crippen molar-refractivity contribution in [2.24, 2.45) is 0 Å². The Hall–Kier alpha value is -0.200. The average molecular weight is 342 g/mol. The molecule has 4 nitrogen and oxygen atoms in total. The molecule has 0 aromatic carbocycles. The summed E-state index contributed by atoms with van der Waals surface area (Å²) < 4.78 is 7.16. The number of fused-ring (bicyclic) bond motifs is 1. The molecule has 0 unspecified atom stereocenters. The van der Waals surface area contributed by atoms with Crippen LogP contribution in [-0.4, -0.2) is 21.3 Å². The highest BCUT2D eigenvalue weighted by molar-refractivity contribution is 8.93. The number of carbonyl (C=O) groups excluding carboxylic acids is 1. The molecular formula is C10H14BrClN2O2S. The highest BCUT2D eigenvalue weighted by Gasteiger charge is 2.21. The van der Waals surface area contributed by atoms with Crippen LogP contribution in [0.15, 0.2) is 5.16 Å². The zero-order chi connectivity index (χ0) is 11.5. The van der Waals surface area contributed by atoms with E-state index in [0.717, 1.165) is 29.6 Å². The molecular weight excluding hydrogens is 328 g/mol. The van der Waals surface area contributed by atoms with E-state index >= 15 is 0 Å². The maximum atomic E-state index is 11.2. The molecule has 1 aliphatic rings. The Morgan fingerprint density at radius 2 is 2.41 bits per heavy atom. The number of hydrogen-bond donors (Lipinski definition) is 0. The lowest BCUT2D eigenvalue weighted by atomic mass is 10.3. The minimum Gasteiger partial charge on any atom is -0.459 e. The van der Waals surface area contributed by atoms with E-state index in [-0.39, 0.29) is 29.6 Å². The Labute approximate surface area is 120 Å². The van der Waals surface area contributed by atoms with Gasteiger partial charge in [0.25, 0.3) is 0 Å². The van der Waals surface area contributed by atoms with Gasteiger partial charge in [0.15, 0.2) is 10.3 Å². The van der Waals surface area contributed by atoms with Crippen LogP contribution in [0.4, 0.5) is 0 Å². The van der Waals surface area contributed by atoms with Crippen molar-refractivity contribution in [3.63, 3.8) is 0 Å². The van der Waals surface area contributed by atoms with Gasteiger partial charge in [-0.15, -0.1) is 17.0 Å². The zero-order valence-electron chi connectivity index (χ0n) is 9.44. The SMILES string of the molecule is Br.CCCC(=O)OCc1c(Cl)nc2n1CCS2. The lowest BCUT2D eigenvalue weighted by molar-refractivity contribution is -0.145. The molecule has 1 aromatic heterocycles. The molecule has 0 saturated heterocycles. The van der Waals surface area contributed by atoms with E-state index in [4.69, 9.17) is 16.3 Å². The fraction of sp³-hybridized carbons (Fsp3) is 0.600. The van der Waals surface area contributed by atoms with Crippen LogP contribution in [0.1, 0.15) is 25.5 Å². The molecule has 1 aliphatic heterocycles. The van der Waals surface area contributed by atoms with Crippen molar-refractivity contribution in [2.45, 2.75) is 38.1 Å². The van der Waals surface area contributed by atoms with E-state index in [1.165, 1.54) is 0 Å². The third kappa shape index (κ3) is 3.39. The number of aromatic nitrogens is 2. The van der Waals surface area contributed by atoms with Crippen LogP contribution < -0.4 is 0 Å². The summed E-state index contributed by atoms with van der Waals surface area (Å²) in [5.41, 5.74) is 0.811. The molecule has 2 rings (SSSR count). The predicted octanol–water partition coefficient (Wildman–Crippen LogP) is 3.06. The van der Waals surface area contributed by atoms with Crippen LogP contribution in [-0.2, 0) is 22.7 Å². The van der Waals surface area contributed by atoms with E-state index in [9.17, 15) is 4.79 Å². The third-order valence-corrected chi connectivity index (χ3v) is 3.62. The molecule has 0 aliphatic carbocycles. The number of imidazole rings is 1. The molecule has 0 atom stereocenters. The van der Waals surface area contributed by atoms with Crippen molar-refractivity contribution in [1.29, 1.82) is 0 Å². The Balaban J connectivity index is 0.00000144. The Bertz CT molecular complexity index is 411. The zero-order valence-corrected chi connectivity index (χ0v) is 12.7. The third-order valence-electron chi connectivity index (χ3n) is 2.36. The maximum absolute atomic E-state index is 11.2. The quantitative estimate of drug-likeness (QED) is 0.790. The number of esters is 1. The van der Waals surface area contributed by atoms with Gasteiger partial charge in [0.05, 0.1) is 5.69 Å². The fourth-order valence-corrected chi connectivity index (χ4v) is 2.82. The lowest BCUT2D eigenvalue weighted by Crippen LogP contribution is -2.08. The van der Waals surface area contributed by atoms with Gasteiger partial charge in [-0.2, -0.15) is 0 Å². The highest BCUT2D eigenvalue weighted by Crippen LogP contribution is 2.30. The summed E-state index contributed by atoms with van der Waals surface area (Å²) in [5.74, 6) is 0.829. The summed E-state index contributed by atoms with van der Waals surface area (Å²) in [6.07, 6.45) is 1.25. The first-order valence-electron chi connectivity index (χ1n) is 5.25. The lowest BCUT2D eigenvalue weighted by Gasteiger charge is -2.06. The van der Waals surface area contributed by atoms with Gasteiger partial charge in [0.2, 0.25) is 0 Å². The Morgan fingerprint density at radius 1 is 1.65 bits per heavy atom. The van der Waals surface area contributed by atoms with Gasteiger partial charge in [-0.05, 0) is 6.42 Å². The second-order valence-electron chi connectivity index (χ2n) is 3.54. The van der Waals surface area contributed by atoms with Crippen LogP contribution in [0.25, 0.3) is 0 Å². The van der Waals surface area contributed by atoms with Crippen LogP contribution in [0.5, 0.6) is 0 Å². The van der Waals surface area contributed by atoms with Gasteiger partial charge in [-0.25, -0.2) is 4.98 Å². The molecule has 1 aromatic rings. The van der Waals surface area contributed by atoms with Crippen molar-refractivity contribution in [1.82, 2.24) is 9.55 Å². The fourth-order valence-electron chi connectivity index (χ4n) is 1.57. The van der Waals surface area contributed by atoms with E-state index in [1.54, 1.807) is 11.8 Å². The molecule has 0 radical (unpaired) electrons. The van der Waals surface area contributed by atoms with Crippen LogP contribution >= 0.6 is 40.3 Å². The van der Waals surface area contributed by atoms with Crippen molar-refractivity contribution in [3.05, 3.63) is 10.8 Å². The molecule has 0 N–H and O–H groups in total. The molecule has 0 saturated carbocycles. The number of carbonyl (C=O) groups is 1. The minimum atomic E-state index is -0.181. The van der Waals surface area contributed by atoms with Crippen LogP contribution in [0, 0.1) is 0 Å². The number of nitrogens with zero attached hydrogens (tertiary/aromatic N) is 2. The van der Waals surface area contributed by atoms with Crippen molar-refractivity contribution >= 4 is 46.3 Å². The van der Waals surface area contributed by atoms with E-state index in [1.807, 2.05) is 11.5 Å². The van der Waals surface area contributed by atoms with Gasteiger partial charge in [0, 0.05) is 18.7 Å². The summed E-state index contributed by atoms with van der Waals surface area (Å²) in [5, 5.41) is 1.37. The van der Waals surface area contributed by atoms with Crippen LogP contribution in [0.2, 0.25) is 5.15 Å². The Morgan fingerprint density at radius 3 is 3.12 bits per heavy atom. The minimum absolute atomic E-state index is 0. The summed E-state index contributed by atoms with van der Waals surface area (Å²) >= 11 is 7.66. The smallest absolute Gasteiger partial charge is 0.306 e. The number of ether oxygens (including phenoxy) is 1. The van der Waals surface area contributed by atoms with Crippen molar-refractivity contribution in [3.8, 4) is 0 Å². The number of halogens is 2. The monoisotopic (exact) mass is 340 g/mol. The van der Waals surface area contributed by atoms with Gasteiger partial charge in [0.1, 0.15) is 6.61 Å². The number of rotatable bonds is 4. The van der Waals surface area contributed by atoms with Crippen molar-refractivity contribution < 1.29 is 9.53 Å². The first-order valence-corrected chi connectivity index (χ1v) is 6.62. The molecule has 2 heterocycles. The van der Waals surface area contributed by atoms with E-state index in [0.29, 0.717) is 11.6 Å². The van der Waals surface area contributed by atoms with E-state index in [2.05, 4.69) is 4.98 Å². The molecule has 17 heavy (non-hydrogen) atoms. The van der Waals surface area contributed by atoms with Crippen LogP contribution in [0.3, 0.4) is 0 Å². The van der Waals surface area contributed by atoms with Crippen molar-refractivity contribution in [2.75, 3.05) is 5.75 Å². The summed E-state index contributed by atoms with van der Waals surface area (Å²) in [7, 11) is 0. The highest BCUT2D eigenvalue weighted by atomic mass is 79.9. The van der Waals surface area contributed by atoms with E-state index < -0.39 is 0 Å². The molecule has 7 heteroatoms. The van der Waals surface area contributed by atoms with Gasteiger partial charge in [-0.3, -0.25) is 4.79 Å². The molecule has 96 valence electrons. The van der Waals surface area contributed by atoms with Gasteiger partial charge < -0.3 is 9.30 Å². The van der Waals surface area contributed by atoms with Gasteiger partial charge in [-0.1, -0.05) is 30.3 Å².